The van der Waals surface area contributed by atoms with E-state index < -0.39 is 39.9 Å². The monoisotopic (exact) mass is 328 g/mol. The van der Waals surface area contributed by atoms with Crippen molar-refractivity contribution in [1.82, 2.24) is 0 Å². The van der Waals surface area contributed by atoms with Crippen molar-refractivity contribution in [3.05, 3.63) is 24.3 Å². The highest BCUT2D eigenvalue weighted by molar-refractivity contribution is 8.08. The van der Waals surface area contributed by atoms with E-state index in [9.17, 15) is 25.3 Å². The van der Waals surface area contributed by atoms with E-state index in [1.54, 1.807) is 0 Å². The first-order valence-corrected chi connectivity index (χ1v) is 9.97. The third kappa shape index (κ3) is 5.14. The quantitative estimate of drug-likeness (QED) is 0.716. The summed E-state index contributed by atoms with van der Waals surface area (Å²) in [5, 5.41) is 3.77. The van der Waals surface area contributed by atoms with Gasteiger partial charge in [0.2, 0.25) is 20.0 Å². The Morgan fingerprint density at radius 2 is 1.58 bits per heavy atom. The van der Waals surface area contributed by atoms with E-state index in [0.29, 0.717) is 0 Å². The summed E-state index contributed by atoms with van der Waals surface area (Å²) in [7, 11) is -12.1. The number of anilines is 1. The van der Waals surface area contributed by atoms with Gasteiger partial charge in [-0.1, -0.05) is 12.1 Å². The van der Waals surface area contributed by atoms with Crippen LogP contribution in [0.4, 0.5) is 5.69 Å². The minimum atomic E-state index is -4.23. The number of primary sulfonamides is 1. The second-order valence-corrected chi connectivity index (χ2v) is 9.56. The molecule has 108 valence electrons. The SMILES string of the molecule is CS(=O)(=O)CS(=O)(=O)Nc1ccccc1S(N)(=O)=O. The molecular weight excluding hydrogens is 316 g/mol. The van der Waals surface area contributed by atoms with Gasteiger partial charge in [0.05, 0.1) is 5.69 Å². The minimum absolute atomic E-state index is 0.298. The van der Waals surface area contributed by atoms with Crippen LogP contribution in [-0.4, -0.2) is 36.6 Å². The Balaban J connectivity index is 3.22. The second kappa shape index (κ2) is 5.07. The van der Waals surface area contributed by atoms with Crippen molar-refractivity contribution in [2.45, 2.75) is 4.90 Å². The number of nitrogens with one attached hydrogen (secondary N) is 1. The highest BCUT2D eigenvalue weighted by atomic mass is 32.3. The lowest BCUT2D eigenvalue weighted by molar-refractivity contribution is 0.594. The van der Waals surface area contributed by atoms with Gasteiger partial charge in [-0.15, -0.1) is 0 Å². The Morgan fingerprint density at radius 3 is 2.05 bits per heavy atom. The maximum absolute atomic E-state index is 11.6. The molecule has 1 rings (SSSR count). The number of benzene rings is 1. The zero-order chi connectivity index (χ0) is 14.9. The first-order chi connectivity index (χ1) is 8.41. The van der Waals surface area contributed by atoms with Gasteiger partial charge < -0.3 is 0 Å². The molecule has 11 heteroatoms. The summed E-state index contributed by atoms with van der Waals surface area (Å²) in [5.41, 5.74) is -0.298. The minimum Gasteiger partial charge on any atom is -0.281 e. The van der Waals surface area contributed by atoms with Gasteiger partial charge in [-0.2, -0.15) is 0 Å². The Kier molecular flexibility index (Phi) is 4.24. The predicted octanol–water partition coefficient (Wildman–Crippen LogP) is -0.922. The van der Waals surface area contributed by atoms with Crippen LogP contribution >= 0.6 is 0 Å². The number of rotatable bonds is 5. The molecule has 8 nitrogen and oxygen atoms in total. The molecule has 0 aromatic heterocycles. The largest absolute Gasteiger partial charge is 0.281 e. The Morgan fingerprint density at radius 1 is 1.05 bits per heavy atom. The summed E-state index contributed by atoms with van der Waals surface area (Å²) in [4.78, 5) is -0.438. The molecule has 1 aromatic carbocycles. The smallest absolute Gasteiger partial charge is 0.247 e. The van der Waals surface area contributed by atoms with Gasteiger partial charge in [0.1, 0.15) is 4.90 Å². The molecule has 3 N–H and O–H groups in total. The summed E-state index contributed by atoms with van der Waals surface area (Å²) >= 11 is 0. The van der Waals surface area contributed by atoms with Crippen LogP contribution in [0.2, 0.25) is 0 Å². The number of para-hydroxylation sites is 1. The first-order valence-electron chi connectivity index (χ1n) is 4.71. The molecule has 0 atom stereocenters. The van der Waals surface area contributed by atoms with E-state index in [1.807, 2.05) is 4.72 Å². The highest BCUT2D eigenvalue weighted by Gasteiger charge is 2.21. The van der Waals surface area contributed by atoms with Gasteiger partial charge in [0, 0.05) is 6.26 Å². The molecule has 0 aliphatic heterocycles. The molecule has 0 amide bonds. The molecule has 0 saturated carbocycles. The fourth-order valence-electron chi connectivity index (χ4n) is 1.28. The van der Waals surface area contributed by atoms with Crippen LogP contribution in [0, 0.1) is 0 Å². The van der Waals surface area contributed by atoms with Crippen LogP contribution in [0.5, 0.6) is 0 Å². The van der Waals surface area contributed by atoms with Crippen LogP contribution in [0.1, 0.15) is 0 Å². The van der Waals surface area contributed by atoms with Crippen LogP contribution in [0.3, 0.4) is 0 Å². The standard InChI is InChI=1S/C8H12N2O6S3/c1-17(11,12)6-18(13,14)10-7-4-2-3-5-8(7)19(9,15)16/h2-5,10H,6H2,1H3,(H2,9,15,16). The normalized spacial score (nSPS) is 13.2. The summed E-state index contributed by atoms with van der Waals surface area (Å²) < 4.78 is 69.4. The topological polar surface area (TPSA) is 140 Å². The van der Waals surface area contributed by atoms with Gasteiger partial charge in [-0.25, -0.2) is 30.4 Å². The van der Waals surface area contributed by atoms with Crippen molar-refractivity contribution in [3.8, 4) is 0 Å². The third-order valence-electron chi connectivity index (χ3n) is 1.83. The maximum Gasteiger partial charge on any atom is 0.247 e. The zero-order valence-corrected chi connectivity index (χ0v) is 12.2. The van der Waals surface area contributed by atoms with Crippen molar-refractivity contribution in [2.24, 2.45) is 5.14 Å². The molecule has 0 radical (unpaired) electrons. The number of sulfone groups is 1. The van der Waals surface area contributed by atoms with Crippen LogP contribution in [-0.2, 0) is 29.9 Å². The van der Waals surface area contributed by atoms with Gasteiger partial charge in [-0.05, 0) is 12.1 Å². The lowest BCUT2D eigenvalue weighted by Crippen LogP contribution is -2.24. The van der Waals surface area contributed by atoms with E-state index in [2.05, 4.69) is 0 Å². The van der Waals surface area contributed by atoms with Gasteiger partial charge >= 0.3 is 0 Å². The third-order valence-corrected chi connectivity index (χ3v) is 6.28. The molecule has 1 aromatic rings. The summed E-state index contributed by atoms with van der Waals surface area (Å²) in [6, 6.07) is 5.01. The summed E-state index contributed by atoms with van der Waals surface area (Å²) in [5.74, 6) is 0. The van der Waals surface area contributed by atoms with Gasteiger partial charge in [0.25, 0.3) is 0 Å². The van der Waals surface area contributed by atoms with E-state index in [4.69, 9.17) is 5.14 Å². The van der Waals surface area contributed by atoms with Crippen molar-refractivity contribution in [1.29, 1.82) is 0 Å². The summed E-state index contributed by atoms with van der Waals surface area (Å²) in [6.45, 7) is 0. The maximum atomic E-state index is 11.6. The first kappa shape index (κ1) is 15.9. The highest BCUT2D eigenvalue weighted by Crippen LogP contribution is 2.20. The fraction of sp³-hybridized carbons (Fsp3) is 0.250. The van der Waals surface area contributed by atoms with Gasteiger partial charge in [-0.3, -0.25) is 4.72 Å². The predicted molar refractivity (Wildman–Crippen MR) is 70.1 cm³/mol. The van der Waals surface area contributed by atoms with Crippen LogP contribution < -0.4 is 9.86 Å². The second-order valence-electron chi connectivity index (χ2n) is 3.80. The van der Waals surface area contributed by atoms with Crippen molar-refractivity contribution >= 4 is 35.6 Å². The number of nitrogens with two attached hydrogens (primary N) is 1. The number of sulfonamides is 2. The Hall–Kier alpha value is -1.17. The van der Waals surface area contributed by atoms with E-state index in [-0.39, 0.29) is 5.69 Å². The molecule has 0 spiro atoms. The molecule has 19 heavy (non-hydrogen) atoms. The van der Waals surface area contributed by atoms with E-state index >= 15 is 0 Å². The molecule has 0 saturated heterocycles. The zero-order valence-electron chi connectivity index (χ0n) is 9.77. The molecular formula is C8H12N2O6S3. The van der Waals surface area contributed by atoms with Crippen molar-refractivity contribution in [2.75, 3.05) is 16.1 Å². The molecule has 0 bridgehead atoms. The van der Waals surface area contributed by atoms with E-state index in [0.717, 1.165) is 12.3 Å². The average Bonchev–Trinajstić information content (AvgIpc) is 2.11. The average molecular weight is 328 g/mol. The fourth-order valence-corrected chi connectivity index (χ4v) is 5.04. The van der Waals surface area contributed by atoms with Gasteiger partial charge in [0.15, 0.2) is 14.9 Å². The van der Waals surface area contributed by atoms with Crippen LogP contribution in [0.25, 0.3) is 0 Å². The Labute approximate surface area is 111 Å². The van der Waals surface area contributed by atoms with E-state index in [1.165, 1.54) is 18.2 Å². The molecule has 0 fully saturated rings. The van der Waals surface area contributed by atoms with Crippen molar-refractivity contribution < 1.29 is 25.3 Å². The number of hydrogen-bond acceptors (Lipinski definition) is 6. The summed E-state index contributed by atoms with van der Waals surface area (Å²) in [6.07, 6.45) is 0.748. The molecule has 0 aliphatic carbocycles. The molecule has 0 aliphatic rings. The van der Waals surface area contributed by atoms with Crippen LogP contribution in [0.15, 0.2) is 29.2 Å². The van der Waals surface area contributed by atoms with Crippen molar-refractivity contribution in [3.63, 3.8) is 0 Å². The molecule has 0 heterocycles. The molecule has 0 unspecified atom stereocenters. The number of hydrogen-bond donors (Lipinski definition) is 2. The Bertz CT molecular complexity index is 780. The lowest BCUT2D eigenvalue weighted by atomic mass is 10.3. The lowest BCUT2D eigenvalue weighted by Gasteiger charge is -2.10.